The second-order valence-electron chi connectivity index (χ2n) is 3.02. The Morgan fingerprint density at radius 3 is 2.40 bits per heavy atom. The van der Waals surface area contributed by atoms with E-state index in [4.69, 9.17) is 5.73 Å². The predicted octanol–water partition coefficient (Wildman–Crippen LogP) is 0.285. The first-order chi connectivity index (χ1) is 4.47. The van der Waals surface area contributed by atoms with Gasteiger partial charge in [-0.05, 0) is 0 Å². The number of hydrogen-bond acceptors (Lipinski definition) is 2. The van der Waals surface area contributed by atoms with Gasteiger partial charge in [0.05, 0.1) is 6.54 Å². The zero-order chi connectivity index (χ0) is 7.78. The van der Waals surface area contributed by atoms with Crippen molar-refractivity contribution in [2.24, 2.45) is 5.73 Å². The number of likely N-dealkylation sites (tertiary alicyclic amines) is 1. The number of nitrogens with two attached hydrogens (primary N) is 1. The number of halogens is 2. The molecule has 1 saturated heterocycles. The van der Waals surface area contributed by atoms with E-state index in [2.05, 4.69) is 0 Å². The van der Waals surface area contributed by atoms with Crippen molar-refractivity contribution in [2.75, 3.05) is 19.6 Å². The summed E-state index contributed by atoms with van der Waals surface area (Å²) in [5.41, 5.74) is 5.40. The Labute approximate surface area is 59.0 Å². The molecule has 1 aliphatic heterocycles. The summed E-state index contributed by atoms with van der Waals surface area (Å²) in [5.74, 6) is -2.57. The summed E-state index contributed by atoms with van der Waals surface area (Å²) in [6.45, 7) is 2.00. The first-order valence-corrected chi connectivity index (χ1v) is 3.33. The van der Waals surface area contributed by atoms with Crippen LogP contribution in [-0.2, 0) is 0 Å². The van der Waals surface area contributed by atoms with Crippen molar-refractivity contribution in [3.63, 3.8) is 0 Å². The second-order valence-corrected chi connectivity index (χ2v) is 3.02. The molecule has 1 heterocycles. The zero-order valence-corrected chi connectivity index (χ0v) is 5.98. The smallest absolute Gasteiger partial charge is 0.257 e. The third-order valence-corrected chi connectivity index (χ3v) is 1.49. The molecule has 10 heavy (non-hydrogen) atoms. The van der Waals surface area contributed by atoms with Gasteiger partial charge in [0.2, 0.25) is 0 Å². The maximum Gasteiger partial charge on any atom is 0.257 e. The van der Waals surface area contributed by atoms with E-state index in [0.29, 0.717) is 13.1 Å². The average Bonchev–Trinajstić information content (AvgIpc) is 1.57. The molecule has 0 atom stereocenters. The van der Waals surface area contributed by atoms with E-state index in [0.717, 1.165) is 6.92 Å². The Kier molecular flexibility index (Phi) is 1.92. The van der Waals surface area contributed by atoms with E-state index >= 15 is 0 Å². The number of hydrogen-bond donors (Lipinski definition) is 1. The molecule has 0 saturated carbocycles. The van der Waals surface area contributed by atoms with Crippen LogP contribution in [0.1, 0.15) is 6.92 Å². The molecule has 0 spiro atoms. The van der Waals surface area contributed by atoms with Crippen molar-refractivity contribution in [3.05, 3.63) is 0 Å². The highest BCUT2D eigenvalue weighted by Gasteiger charge is 2.31. The SMILES string of the molecule is CC(F)(F)CN1CC(N)C1. The molecule has 0 unspecified atom stereocenters. The molecule has 0 aromatic carbocycles. The van der Waals surface area contributed by atoms with Gasteiger partial charge in [0.25, 0.3) is 5.92 Å². The van der Waals surface area contributed by atoms with Gasteiger partial charge in [-0.3, -0.25) is 4.90 Å². The Balaban J connectivity index is 2.16. The minimum Gasteiger partial charge on any atom is -0.325 e. The van der Waals surface area contributed by atoms with Gasteiger partial charge in [-0.15, -0.1) is 0 Å². The molecule has 1 fully saturated rings. The largest absolute Gasteiger partial charge is 0.325 e. The molecular weight excluding hydrogens is 138 g/mol. The summed E-state index contributed by atoms with van der Waals surface area (Å²) in [6, 6.07) is 0.113. The molecule has 1 aliphatic rings. The van der Waals surface area contributed by atoms with E-state index in [-0.39, 0.29) is 12.6 Å². The van der Waals surface area contributed by atoms with Gasteiger partial charge in [-0.1, -0.05) is 0 Å². The minimum atomic E-state index is -2.57. The van der Waals surface area contributed by atoms with Crippen LogP contribution in [0.15, 0.2) is 0 Å². The third kappa shape index (κ3) is 2.19. The lowest BCUT2D eigenvalue weighted by molar-refractivity contribution is -0.0346. The second kappa shape index (κ2) is 2.43. The average molecular weight is 150 g/mol. The van der Waals surface area contributed by atoms with Crippen molar-refractivity contribution in [1.82, 2.24) is 4.90 Å². The van der Waals surface area contributed by atoms with Gasteiger partial charge >= 0.3 is 0 Å². The van der Waals surface area contributed by atoms with Crippen molar-refractivity contribution in [3.8, 4) is 0 Å². The van der Waals surface area contributed by atoms with Crippen molar-refractivity contribution >= 4 is 0 Å². The van der Waals surface area contributed by atoms with E-state index in [9.17, 15) is 8.78 Å². The molecule has 2 nitrogen and oxygen atoms in total. The third-order valence-electron chi connectivity index (χ3n) is 1.49. The lowest BCUT2D eigenvalue weighted by Gasteiger charge is -2.38. The number of rotatable bonds is 2. The van der Waals surface area contributed by atoms with E-state index < -0.39 is 5.92 Å². The normalized spacial score (nSPS) is 22.8. The molecule has 60 valence electrons. The summed E-state index contributed by atoms with van der Waals surface area (Å²) >= 11 is 0. The monoisotopic (exact) mass is 150 g/mol. The van der Waals surface area contributed by atoms with Gasteiger partial charge in [0, 0.05) is 26.1 Å². The van der Waals surface area contributed by atoms with Crippen LogP contribution in [0, 0.1) is 0 Å². The molecule has 0 aromatic heterocycles. The first kappa shape index (κ1) is 7.88. The quantitative estimate of drug-likeness (QED) is 0.612. The lowest BCUT2D eigenvalue weighted by atomic mass is 10.1. The van der Waals surface area contributed by atoms with Crippen molar-refractivity contribution in [1.29, 1.82) is 0 Å². The van der Waals surface area contributed by atoms with Crippen LogP contribution in [0.2, 0.25) is 0 Å². The van der Waals surface area contributed by atoms with E-state index in [1.165, 1.54) is 0 Å². The summed E-state index contributed by atoms with van der Waals surface area (Å²) < 4.78 is 24.5. The summed E-state index contributed by atoms with van der Waals surface area (Å²) in [7, 11) is 0. The van der Waals surface area contributed by atoms with Crippen LogP contribution in [-0.4, -0.2) is 36.5 Å². The highest BCUT2D eigenvalue weighted by molar-refractivity contribution is 4.84. The molecular formula is C6H12F2N2. The fourth-order valence-electron chi connectivity index (χ4n) is 1.13. The minimum absolute atomic E-state index is 0.113. The van der Waals surface area contributed by atoms with Crippen molar-refractivity contribution < 1.29 is 8.78 Å². The Morgan fingerprint density at radius 2 is 2.10 bits per heavy atom. The van der Waals surface area contributed by atoms with Gasteiger partial charge < -0.3 is 5.73 Å². The van der Waals surface area contributed by atoms with E-state index in [1.807, 2.05) is 0 Å². The van der Waals surface area contributed by atoms with E-state index in [1.54, 1.807) is 4.90 Å². The summed E-state index contributed by atoms with van der Waals surface area (Å²) in [6.07, 6.45) is 0. The van der Waals surface area contributed by atoms with Crippen LogP contribution in [0.5, 0.6) is 0 Å². The Bertz CT molecular complexity index is 115. The zero-order valence-electron chi connectivity index (χ0n) is 5.98. The topological polar surface area (TPSA) is 29.3 Å². The molecule has 4 heteroatoms. The Morgan fingerprint density at radius 1 is 1.60 bits per heavy atom. The van der Waals surface area contributed by atoms with Crippen LogP contribution in [0.4, 0.5) is 8.78 Å². The van der Waals surface area contributed by atoms with Crippen LogP contribution in [0.25, 0.3) is 0 Å². The molecule has 1 rings (SSSR count). The molecule has 0 bridgehead atoms. The predicted molar refractivity (Wildman–Crippen MR) is 35.0 cm³/mol. The maximum atomic E-state index is 12.2. The Hall–Kier alpha value is -0.220. The first-order valence-electron chi connectivity index (χ1n) is 3.33. The van der Waals surface area contributed by atoms with Gasteiger partial charge in [-0.25, -0.2) is 8.78 Å². The maximum absolute atomic E-state index is 12.2. The molecule has 0 aliphatic carbocycles. The number of alkyl halides is 2. The fourth-order valence-corrected chi connectivity index (χ4v) is 1.13. The number of nitrogens with zero attached hydrogens (tertiary/aromatic N) is 1. The van der Waals surface area contributed by atoms with Gasteiger partial charge in [0.15, 0.2) is 0 Å². The van der Waals surface area contributed by atoms with Gasteiger partial charge in [-0.2, -0.15) is 0 Å². The highest BCUT2D eigenvalue weighted by Crippen LogP contribution is 2.16. The molecule has 0 aromatic rings. The van der Waals surface area contributed by atoms with Crippen LogP contribution >= 0.6 is 0 Å². The van der Waals surface area contributed by atoms with Crippen molar-refractivity contribution in [2.45, 2.75) is 18.9 Å². The van der Waals surface area contributed by atoms with Crippen LogP contribution in [0.3, 0.4) is 0 Å². The molecule has 2 N–H and O–H groups in total. The standard InChI is InChI=1S/C6H12F2N2/c1-6(7,8)4-10-2-5(9)3-10/h5H,2-4,9H2,1H3. The van der Waals surface area contributed by atoms with Gasteiger partial charge in [0.1, 0.15) is 0 Å². The molecule has 0 radical (unpaired) electrons. The lowest BCUT2D eigenvalue weighted by Crippen LogP contribution is -2.58. The summed E-state index contributed by atoms with van der Waals surface area (Å²) in [4.78, 5) is 1.66. The fraction of sp³-hybridized carbons (Fsp3) is 1.00. The summed E-state index contributed by atoms with van der Waals surface area (Å²) in [5, 5.41) is 0. The van der Waals surface area contributed by atoms with Crippen LogP contribution < -0.4 is 5.73 Å². The molecule has 0 amide bonds. The highest BCUT2D eigenvalue weighted by atomic mass is 19.3.